The van der Waals surface area contributed by atoms with Crippen LogP contribution < -0.4 is 5.59 Å². The maximum absolute atomic E-state index is 9.92. The summed E-state index contributed by atoms with van der Waals surface area (Å²) in [6.07, 6.45) is 1.74. The summed E-state index contributed by atoms with van der Waals surface area (Å²) in [5.41, 5.74) is -0.324. The predicted molar refractivity (Wildman–Crippen MR) is 64.6 cm³/mol. The molecule has 1 aromatic heterocycles. The van der Waals surface area contributed by atoms with E-state index in [2.05, 4.69) is 4.98 Å². The van der Waals surface area contributed by atoms with Gasteiger partial charge in [-0.25, -0.2) is 0 Å². The number of nitrogens with one attached hydrogen (secondary N) is 1. The van der Waals surface area contributed by atoms with E-state index in [1.165, 1.54) is 0 Å². The summed E-state index contributed by atoms with van der Waals surface area (Å²) in [6.45, 7) is 8.68. The van der Waals surface area contributed by atoms with Crippen molar-refractivity contribution in [2.75, 3.05) is 0 Å². The lowest BCUT2D eigenvalue weighted by Gasteiger charge is -2.38. The molecule has 16 heavy (non-hydrogen) atoms. The van der Waals surface area contributed by atoms with Crippen molar-refractivity contribution in [1.29, 1.82) is 0 Å². The van der Waals surface area contributed by atoms with Gasteiger partial charge in [0.2, 0.25) is 0 Å². The molecule has 3 N–H and O–H groups in total. The van der Waals surface area contributed by atoms with E-state index >= 15 is 0 Å². The molecule has 0 saturated carbocycles. The molecule has 0 fully saturated rings. The van der Waals surface area contributed by atoms with Gasteiger partial charge < -0.3 is 19.8 Å². The zero-order valence-electron chi connectivity index (χ0n) is 10.5. The van der Waals surface area contributed by atoms with Gasteiger partial charge in [-0.1, -0.05) is 0 Å². The van der Waals surface area contributed by atoms with Gasteiger partial charge >= 0.3 is 7.12 Å². The first kappa shape index (κ1) is 13.3. The van der Waals surface area contributed by atoms with Crippen molar-refractivity contribution in [3.63, 3.8) is 0 Å². The molecule has 0 aliphatic heterocycles. The Kier molecular flexibility index (Phi) is 3.52. The largest absolute Gasteiger partial charge is 0.509 e. The van der Waals surface area contributed by atoms with Crippen LogP contribution >= 0.6 is 0 Å². The summed E-state index contributed by atoms with van der Waals surface area (Å²) in [5.74, 6) is 0. The number of H-pyrrole nitrogens is 1. The molecule has 0 aromatic carbocycles. The summed E-state index contributed by atoms with van der Waals surface area (Å²) in [4.78, 5) is 2.92. The van der Waals surface area contributed by atoms with Gasteiger partial charge in [0.1, 0.15) is 0 Å². The molecule has 5 heteroatoms. The molecule has 90 valence electrons. The molecule has 0 saturated heterocycles. The second-order valence-electron chi connectivity index (χ2n) is 5.11. The lowest BCUT2D eigenvalue weighted by molar-refractivity contribution is -0.0983. The number of hydrogen-bond acceptors (Lipinski definition) is 3. The molecule has 1 heterocycles. The Hall–Kier alpha value is -0.775. The van der Waals surface area contributed by atoms with Crippen molar-refractivity contribution in [2.24, 2.45) is 0 Å². The summed E-state index contributed by atoms with van der Waals surface area (Å²) in [5, 5.41) is 19.8. The van der Waals surface area contributed by atoms with Gasteiger partial charge in [-0.2, -0.15) is 0 Å². The zero-order chi connectivity index (χ0) is 12.6. The second kappa shape index (κ2) is 4.24. The Morgan fingerprint density at radius 3 is 2.25 bits per heavy atom. The lowest BCUT2D eigenvalue weighted by atomic mass is 9.79. The normalized spacial score (nSPS) is 12.9. The summed E-state index contributed by atoms with van der Waals surface area (Å²) in [6, 6.07) is 1.86. The van der Waals surface area contributed by atoms with Crippen LogP contribution in [-0.2, 0) is 4.65 Å². The van der Waals surface area contributed by atoms with Gasteiger partial charge in [-0.3, -0.25) is 0 Å². The van der Waals surface area contributed by atoms with Gasteiger partial charge in [0.15, 0.2) is 0 Å². The minimum Gasteiger partial charge on any atom is -0.422 e. The van der Waals surface area contributed by atoms with Crippen LogP contribution in [-0.4, -0.2) is 33.4 Å². The van der Waals surface area contributed by atoms with Gasteiger partial charge in [0, 0.05) is 11.8 Å². The Morgan fingerprint density at radius 2 is 1.88 bits per heavy atom. The fourth-order valence-corrected chi connectivity index (χ4v) is 1.21. The molecule has 0 radical (unpaired) electrons. The van der Waals surface area contributed by atoms with E-state index in [-0.39, 0.29) is 0 Å². The van der Waals surface area contributed by atoms with E-state index in [0.717, 1.165) is 5.56 Å². The van der Waals surface area contributed by atoms with Crippen LogP contribution in [0, 0.1) is 6.92 Å². The highest BCUT2D eigenvalue weighted by Crippen LogP contribution is 2.25. The highest BCUT2D eigenvalue weighted by Gasteiger charge is 2.40. The lowest BCUT2D eigenvalue weighted by Crippen LogP contribution is -2.53. The molecular formula is C11H20BNO3. The van der Waals surface area contributed by atoms with Crippen molar-refractivity contribution in [3.8, 4) is 0 Å². The molecule has 0 aliphatic rings. The smallest absolute Gasteiger partial charge is 0.422 e. The molecule has 0 unspecified atom stereocenters. The first-order valence-electron chi connectivity index (χ1n) is 5.37. The number of hydrogen-bond donors (Lipinski definition) is 3. The van der Waals surface area contributed by atoms with Gasteiger partial charge in [0.05, 0.1) is 11.2 Å². The van der Waals surface area contributed by atoms with Crippen molar-refractivity contribution < 1.29 is 14.8 Å². The molecule has 0 bridgehead atoms. The Balaban J connectivity index is 2.80. The molecule has 0 aliphatic carbocycles. The predicted octanol–water partition coefficient (Wildman–Crippen LogP) is 0.577. The Bertz CT molecular complexity index is 354. The number of aryl methyl sites for hydroxylation is 1. The van der Waals surface area contributed by atoms with Crippen LogP contribution in [0.15, 0.2) is 12.3 Å². The van der Waals surface area contributed by atoms with Crippen LogP contribution in [0.1, 0.15) is 33.3 Å². The van der Waals surface area contributed by atoms with Crippen LogP contribution in [0.25, 0.3) is 0 Å². The minimum atomic E-state index is -1.06. The summed E-state index contributed by atoms with van der Waals surface area (Å²) in [7, 11) is -1.06. The van der Waals surface area contributed by atoms with Gasteiger partial charge in [-0.05, 0) is 46.2 Å². The number of aromatic amines is 1. The van der Waals surface area contributed by atoms with Gasteiger partial charge in [0.25, 0.3) is 0 Å². The average molecular weight is 225 g/mol. The molecule has 0 spiro atoms. The fraction of sp³-hybridized carbons (Fsp3) is 0.636. The van der Waals surface area contributed by atoms with E-state index in [4.69, 9.17) is 4.65 Å². The van der Waals surface area contributed by atoms with Crippen LogP contribution in [0.5, 0.6) is 0 Å². The molecular weight excluding hydrogens is 205 g/mol. The van der Waals surface area contributed by atoms with Crippen LogP contribution in [0.4, 0.5) is 0 Å². The zero-order valence-corrected chi connectivity index (χ0v) is 10.5. The summed E-state index contributed by atoms with van der Waals surface area (Å²) < 4.78 is 5.50. The highest BCUT2D eigenvalue weighted by molar-refractivity contribution is 6.59. The Morgan fingerprint density at radius 1 is 1.31 bits per heavy atom. The average Bonchev–Trinajstić information content (AvgIpc) is 2.48. The first-order valence-corrected chi connectivity index (χ1v) is 5.37. The molecule has 4 nitrogen and oxygen atoms in total. The third kappa shape index (κ3) is 2.67. The number of rotatable bonds is 4. The molecule has 0 amide bonds. The third-order valence-electron chi connectivity index (χ3n) is 3.12. The van der Waals surface area contributed by atoms with E-state index in [0.29, 0.717) is 5.59 Å². The van der Waals surface area contributed by atoms with Crippen molar-refractivity contribution in [2.45, 2.75) is 45.8 Å². The maximum atomic E-state index is 9.92. The maximum Gasteiger partial charge on any atom is 0.509 e. The van der Waals surface area contributed by atoms with Crippen molar-refractivity contribution in [1.82, 2.24) is 4.98 Å². The monoisotopic (exact) mass is 225 g/mol. The van der Waals surface area contributed by atoms with Crippen molar-refractivity contribution in [3.05, 3.63) is 17.8 Å². The third-order valence-corrected chi connectivity index (χ3v) is 3.12. The Labute approximate surface area is 96.8 Å². The minimum absolute atomic E-state index is 0.623. The first-order chi connectivity index (χ1) is 7.15. The molecule has 0 atom stereocenters. The standard InChI is InChI=1S/C11H20BNO3/c1-8-6-7-13-9(8)12(15)16-11(4,5)10(2,3)14/h6-7,13-15H,1-5H3. The topological polar surface area (TPSA) is 65.5 Å². The SMILES string of the molecule is Cc1cc[nH]c1B(O)OC(C)(C)C(C)(C)O. The second-order valence-corrected chi connectivity index (χ2v) is 5.11. The quantitative estimate of drug-likeness (QED) is 0.656. The van der Waals surface area contributed by atoms with Gasteiger partial charge in [-0.15, -0.1) is 0 Å². The fourth-order valence-electron chi connectivity index (χ4n) is 1.21. The van der Waals surface area contributed by atoms with Crippen LogP contribution in [0.2, 0.25) is 0 Å². The molecule has 1 aromatic rings. The van der Waals surface area contributed by atoms with E-state index in [9.17, 15) is 10.1 Å². The molecule has 1 rings (SSSR count). The number of aromatic nitrogens is 1. The summed E-state index contributed by atoms with van der Waals surface area (Å²) >= 11 is 0. The van der Waals surface area contributed by atoms with Crippen LogP contribution in [0.3, 0.4) is 0 Å². The van der Waals surface area contributed by atoms with E-state index in [1.54, 1.807) is 33.9 Å². The highest BCUT2D eigenvalue weighted by atomic mass is 16.5. The van der Waals surface area contributed by atoms with E-state index in [1.807, 2.05) is 13.0 Å². The number of aliphatic hydroxyl groups is 1. The van der Waals surface area contributed by atoms with Crippen molar-refractivity contribution >= 4 is 12.7 Å². The van der Waals surface area contributed by atoms with E-state index < -0.39 is 18.3 Å².